The number of allylic oxidation sites excluding steroid dienone is 1. The SMILES string of the molecule is C/C(C#N)=C1\c2ccc(C(O)c3c(Cl)nc4ccccn34)cc2COc2cc(F)ccc21. The minimum absolute atomic E-state index is 0.162. The fraction of sp³-hybridized carbons (Fsp3) is 0.120. The molecule has 3 heterocycles. The van der Waals surface area contributed by atoms with Gasteiger partial charge in [0.25, 0.3) is 0 Å². The molecule has 7 heteroatoms. The van der Waals surface area contributed by atoms with Gasteiger partial charge in [-0.05, 0) is 53.9 Å². The molecule has 1 aliphatic heterocycles. The van der Waals surface area contributed by atoms with E-state index < -0.39 is 11.9 Å². The molecule has 5 nitrogen and oxygen atoms in total. The molecule has 4 aromatic rings. The number of nitrogens with zero attached hydrogens (tertiary/aromatic N) is 3. The van der Waals surface area contributed by atoms with Gasteiger partial charge in [-0.3, -0.25) is 4.40 Å². The molecule has 0 saturated carbocycles. The highest BCUT2D eigenvalue weighted by atomic mass is 35.5. The van der Waals surface area contributed by atoms with Crippen LogP contribution in [0.4, 0.5) is 4.39 Å². The van der Waals surface area contributed by atoms with E-state index in [0.717, 1.165) is 11.1 Å². The predicted molar refractivity (Wildman–Crippen MR) is 119 cm³/mol. The van der Waals surface area contributed by atoms with E-state index >= 15 is 0 Å². The van der Waals surface area contributed by atoms with Gasteiger partial charge in [0.15, 0.2) is 5.15 Å². The monoisotopic (exact) mass is 445 g/mol. The Hall–Kier alpha value is -3.66. The van der Waals surface area contributed by atoms with Gasteiger partial charge in [-0.1, -0.05) is 29.8 Å². The Morgan fingerprint density at radius 3 is 2.84 bits per heavy atom. The van der Waals surface area contributed by atoms with Crippen LogP contribution in [0, 0.1) is 17.1 Å². The maximum Gasteiger partial charge on any atom is 0.154 e. The van der Waals surface area contributed by atoms with Crippen molar-refractivity contribution in [3.8, 4) is 11.8 Å². The lowest BCUT2D eigenvalue weighted by molar-refractivity contribution is 0.214. The molecule has 0 bridgehead atoms. The number of aliphatic hydroxyl groups excluding tert-OH is 1. The summed E-state index contributed by atoms with van der Waals surface area (Å²) in [6, 6.07) is 17.5. The van der Waals surface area contributed by atoms with Crippen LogP contribution in [0.15, 0.2) is 66.4 Å². The molecule has 0 amide bonds. The van der Waals surface area contributed by atoms with Crippen LogP contribution >= 0.6 is 11.6 Å². The summed E-state index contributed by atoms with van der Waals surface area (Å²) >= 11 is 6.35. The summed E-state index contributed by atoms with van der Waals surface area (Å²) in [5.74, 6) is -0.0419. The smallest absolute Gasteiger partial charge is 0.154 e. The molecule has 1 N–H and O–H groups in total. The zero-order valence-electron chi connectivity index (χ0n) is 17.0. The molecule has 0 saturated heterocycles. The molecule has 2 aromatic heterocycles. The minimum atomic E-state index is -1.03. The summed E-state index contributed by atoms with van der Waals surface area (Å²) in [4.78, 5) is 4.31. The molecular formula is C25H17ClFN3O2. The quantitative estimate of drug-likeness (QED) is 0.417. The van der Waals surface area contributed by atoms with E-state index in [1.165, 1.54) is 12.1 Å². The second-order valence-corrected chi connectivity index (χ2v) is 7.93. The normalized spacial score (nSPS) is 15.2. The lowest BCUT2D eigenvalue weighted by Crippen LogP contribution is -2.06. The van der Waals surface area contributed by atoms with Crippen molar-refractivity contribution in [2.45, 2.75) is 19.6 Å². The molecule has 0 radical (unpaired) electrons. The van der Waals surface area contributed by atoms with Gasteiger partial charge in [-0.2, -0.15) is 5.26 Å². The van der Waals surface area contributed by atoms with Crippen LogP contribution in [0.5, 0.6) is 5.75 Å². The highest BCUT2D eigenvalue weighted by Crippen LogP contribution is 2.40. The fourth-order valence-electron chi connectivity index (χ4n) is 4.12. The van der Waals surface area contributed by atoms with Crippen LogP contribution in [0.1, 0.15) is 41.0 Å². The Morgan fingerprint density at radius 2 is 2.03 bits per heavy atom. The number of imidazole rings is 1. The van der Waals surface area contributed by atoms with Crippen LogP contribution < -0.4 is 4.74 Å². The van der Waals surface area contributed by atoms with Gasteiger partial charge >= 0.3 is 0 Å². The van der Waals surface area contributed by atoms with Crippen molar-refractivity contribution in [3.63, 3.8) is 0 Å². The van der Waals surface area contributed by atoms with E-state index in [9.17, 15) is 14.8 Å². The standard InChI is InChI=1S/C25H17ClFN3O2/c1-14(12-28)22-18-7-5-15(10-16(18)13-32-20-11-17(27)6-8-19(20)22)24(31)23-25(26)29-21-4-2-3-9-30(21)23/h2-11,24,31H,13H2,1H3/b22-14-. The number of hydrogen-bond acceptors (Lipinski definition) is 4. The average Bonchev–Trinajstić information content (AvgIpc) is 3.05. The summed E-state index contributed by atoms with van der Waals surface area (Å²) in [5.41, 5.74) is 5.10. The van der Waals surface area contributed by atoms with Gasteiger partial charge in [-0.15, -0.1) is 0 Å². The van der Waals surface area contributed by atoms with Gasteiger partial charge in [0.2, 0.25) is 0 Å². The lowest BCUT2D eigenvalue weighted by atomic mass is 9.89. The lowest BCUT2D eigenvalue weighted by Gasteiger charge is -2.16. The van der Waals surface area contributed by atoms with Crippen molar-refractivity contribution >= 4 is 22.8 Å². The maximum absolute atomic E-state index is 13.8. The number of hydrogen-bond donors (Lipinski definition) is 1. The molecule has 32 heavy (non-hydrogen) atoms. The van der Waals surface area contributed by atoms with Gasteiger partial charge < -0.3 is 9.84 Å². The number of rotatable bonds is 2. The summed E-state index contributed by atoms with van der Waals surface area (Å²) in [7, 11) is 0. The first-order valence-electron chi connectivity index (χ1n) is 9.95. The topological polar surface area (TPSA) is 70.5 Å². The van der Waals surface area contributed by atoms with E-state index in [-0.39, 0.29) is 11.8 Å². The van der Waals surface area contributed by atoms with Crippen molar-refractivity contribution in [3.05, 3.63) is 105 Å². The third-order valence-electron chi connectivity index (χ3n) is 5.63. The van der Waals surface area contributed by atoms with Crippen LogP contribution in [0.2, 0.25) is 5.15 Å². The van der Waals surface area contributed by atoms with E-state index in [4.69, 9.17) is 16.3 Å². The highest BCUT2D eigenvalue weighted by Gasteiger charge is 2.25. The van der Waals surface area contributed by atoms with Gasteiger partial charge in [-0.25, -0.2) is 9.37 Å². The number of fused-ring (bicyclic) bond motifs is 3. The number of benzene rings is 2. The molecule has 0 aliphatic carbocycles. The molecule has 1 unspecified atom stereocenters. The van der Waals surface area contributed by atoms with E-state index in [0.29, 0.717) is 39.4 Å². The Labute approximate surface area is 188 Å². The fourth-order valence-corrected chi connectivity index (χ4v) is 4.40. The maximum atomic E-state index is 13.8. The Bertz CT molecular complexity index is 1450. The molecule has 0 spiro atoms. The van der Waals surface area contributed by atoms with Crippen molar-refractivity contribution in [1.29, 1.82) is 5.26 Å². The molecule has 0 fully saturated rings. The third-order valence-corrected chi connectivity index (χ3v) is 5.91. The Balaban J connectivity index is 1.65. The highest BCUT2D eigenvalue weighted by molar-refractivity contribution is 6.30. The van der Waals surface area contributed by atoms with Gasteiger partial charge in [0, 0.05) is 29.0 Å². The predicted octanol–water partition coefficient (Wildman–Crippen LogP) is 5.45. The van der Waals surface area contributed by atoms with Gasteiger partial charge in [0.1, 0.15) is 29.9 Å². The van der Waals surface area contributed by atoms with Crippen LogP contribution in [-0.4, -0.2) is 14.5 Å². The van der Waals surface area contributed by atoms with Crippen molar-refractivity contribution in [1.82, 2.24) is 9.38 Å². The summed E-state index contributed by atoms with van der Waals surface area (Å²) in [5, 5.41) is 21.0. The molecule has 5 rings (SSSR count). The Morgan fingerprint density at radius 1 is 1.22 bits per heavy atom. The number of pyridine rings is 1. The van der Waals surface area contributed by atoms with Crippen LogP contribution in [-0.2, 0) is 6.61 Å². The van der Waals surface area contributed by atoms with E-state index in [1.807, 2.05) is 30.3 Å². The zero-order valence-corrected chi connectivity index (χ0v) is 17.8. The number of halogens is 2. The first-order valence-corrected chi connectivity index (χ1v) is 10.3. The second kappa shape index (κ2) is 7.79. The third kappa shape index (κ3) is 3.23. The summed E-state index contributed by atoms with van der Waals surface area (Å²) in [6.07, 6.45) is 0.763. The summed E-state index contributed by atoms with van der Waals surface area (Å²) in [6.45, 7) is 1.88. The minimum Gasteiger partial charge on any atom is -0.488 e. The summed E-state index contributed by atoms with van der Waals surface area (Å²) < 4.78 is 21.5. The molecule has 1 aliphatic rings. The van der Waals surface area contributed by atoms with Crippen LogP contribution in [0.25, 0.3) is 11.2 Å². The molecule has 1 atom stereocenters. The number of aromatic nitrogens is 2. The van der Waals surface area contributed by atoms with E-state index in [1.54, 1.807) is 29.7 Å². The number of aliphatic hydroxyl groups is 1. The Kier molecular flexibility index (Phi) is 4.93. The van der Waals surface area contributed by atoms with Crippen LogP contribution in [0.3, 0.4) is 0 Å². The average molecular weight is 446 g/mol. The second-order valence-electron chi connectivity index (χ2n) is 7.58. The number of nitriles is 1. The largest absolute Gasteiger partial charge is 0.488 e. The molecular weight excluding hydrogens is 429 g/mol. The van der Waals surface area contributed by atoms with Crippen molar-refractivity contribution in [2.24, 2.45) is 0 Å². The molecule has 158 valence electrons. The molecule has 2 aromatic carbocycles. The van der Waals surface area contributed by atoms with E-state index in [2.05, 4.69) is 11.1 Å². The van der Waals surface area contributed by atoms with Gasteiger partial charge in [0.05, 0.1) is 11.8 Å². The number of ether oxygens (including phenoxy) is 1. The first-order chi connectivity index (χ1) is 15.5. The zero-order chi connectivity index (χ0) is 22.4. The van der Waals surface area contributed by atoms with Crippen molar-refractivity contribution in [2.75, 3.05) is 0 Å². The first kappa shape index (κ1) is 20.3. The van der Waals surface area contributed by atoms with Crippen molar-refractivity contribution < 1.29 is 14.2 Å².